The number of hydrogen-bond acceptors (Lipinski definition) is 9. The van der Waals surface area contributed by atoms with Crippen molar-refractivity contribution in [2.24, 2.45) is 0 Å². The Morgan fingerprint density at radius 1 is 1.17 bits per heavy atom. The van der Waals surface area contributed by atoms with Crippen LogP contribution in [0.3, 0.4) is 0 Å². The summed E-state index contributed by atoms with van der Waals surface area (Å²) in [4.78, 5) is 37.6. The minimum absolute atomic E-state index is 0.148. The fraction of sp³-hybridized carbons (Fsp3) is 0.500. The lowest BCUT2D eigenvalue weighted by Gasteiger charge is -2.28. The number of nitrogens with one attached hydrogen (secondary N) is 2. The molecule has 0 amide bonds. The lowest BCUT2D eigenvalue weighted by molar-refractivity contribution is -0.149. The van der Waals surface area contributed by atoms with Gasteiger partial charge in [0.25, 0.3) is 5.56 Å². The van der Waals surface area contributed by atoms with Crippen molar-refractivity contribution < 1.29 is 37.4 Å². The number of rotatable bonds is 14. The number of benzene rings is 1. The van der Waals surface area contributed by atoms with Crippen molar-refractivity contribution in [1.29, 1.82) is 0 Å². The molecule has 2 rings (SSSR count). The molecular weight excluding hydrogens is 500 g/mol. The van der Waals surface area contributed by atoms with Crippen LogP contribution in [0.15, 0.2) is 52.2 Å². The summed E-state index contributed by atoms with van der Waals surface area (Å²) < 4.78 is 49.6. The van der Waals surface area contributed by atoms with E-state index < -0.39 is 68.8 Å². The molecule has 0 spiro atoms. The van der Waals surface area contributed by atoms with E-state index in [-0.39, 0.29) is 5.75 Å². The molecule has 0 bridgehead atoms. The van der Waals surface area contributed by atoms with Crippen LogP contribution in [0, 0.1) is 0 Å². The quantitative estimate of drug-likeness (QED) is 0.243. The number of esters is 1. The van der Waals surface area contributed by atoms with Gasteiger partial charge in [-0.1, -0.05) is 18.2 Å². The normalized spacial score (nSPS) is 16.5. The molecule has 0 aliphatic rings. The van der Waals surface area contributed by atoms with Gasteiger partial charge in [-0.3, -0.25) is 23.7 Å². The predicted octanol–water partition coefficient (Wildman–Crippen LogP) is 1.90. The van der Waals surface area contributed by atoms with Gasteiger partial charge in [-0.25, -0.2) is 13.8 Å². The first-order valence-electron chi connectivity index (χ1n) is 11.1. The van der Waals surface area contributed by atoms with E-state index in [2.05, 4.69) is 10.1 Å². The molecule has 0 saturated carbocycles. The monoisotopic (exact) mass is 531 g/mol. The topological polar surface area (TPSA) is 158 Å². The average Bonchev–Trinajstić information content (AvgIpc) is 2.81. The number of carbonyl (C=O) groups is 1. The largest absolute Gasteiger partial charge is 0.462 e. The minimum Gasteiger partial charge on any atom is -0.462 e. The van der Waals surface area contributed by atoms with Crippen molar-refractivity contribution in [3.05, 3.63) is 63.4 Å². The van der Waals surface area contributed by atoms with Gasteiger partial charge in [0.15, 0.2) is 0 Å². The molecule has 0 fully saturated rings. The second kappa shape index (κ2) is 13.5. The third kappa shape index (κ3) is 8.99. The summed E-state index contributed by atoms with van der Waals surface area (Å²) in [6.45, 7) is 4.21. The van der Waals surface area contributed by atoms with Crippen LogP contribution in [0.2, 0.25) is 0 Å². The first-order valence-corrected chi connectivity index (χ1v) is 12.7. The summed E-state index contributed by atoms with van der Waals surface area (Å²) in [5, 5.41) is 12.6. The number of halogens is 1. The van der Waals surface area contributed by atoms with Crippen LogP contribution in [0.25, 0.3) is 0 Å². The zero-order chi connectivity index (χ0) is 26.9. The summed E-state index contributed by atoms with van der Waals surface area (Å²) in [6, 6.07) is 7.93. The highest BCUT2D eigenvalue weighted by molar-refractivity contribution is 7.52. The first-order chi connectivity index (χ1) is 16.9. The standard InChI is InChI=1S/C22H31FN3O9P/c1-14(2)33-21(29)15(3)25-36(31,35-17-8-6-5-7-9-17)32-13-19(18(27)12-23)34-16(4)26-11-10-20(28)24-22(26)30/h5-11,14-16,18-19,27H,12-13H2,1-4H3,(H,25,31)(H,24,28,30)/t15-,16+,18-,19+,36?/m0/s1. The van der Waals surface area contributed by atoms with Crippen LogP contribution in [0.1, 0.15) is 33.9 Å². The fourth-order valence-corrected chi connectivity index (χ4v) is 4.38. The highest BCUT2D eigenvalue weighted by Crippen LogP contribution is 2.45. The van der Waals surface area contributed by atoms with Crippen molar-refractivity contribution in [1.82, 2.24) is 14.6 Å². The lowest BCUT2D eigenvalue weighted by atomic mass is 10.2. The van der Waals surface area contributed by atoms with E-state index in [1.165, 1.54) is 32.2 Å². The molecule has 14 heteroatoms. The second-order valence-electron chi connectivity index (χ2n) is 8.05. The van der Waals surface area contributed by atoms with E-state index >= 15 is 0 Å². The van der Waals surface area contributed by atoms with Gasteiger partial charge in [0.05, 0.1) is 12.7 Å². The van der Waals surface area contributed by atoms with Crippen molar-refractivity contribution in [2.45, 2.75) is 58.3 Å². The van der Waals surface area contributed by atoms with Gasteiger partial charge in [-0.2, -0.15) is 5.09 Å². The van der Waals surface area contributed by atoms with E-state index in [0.29, 0.717) is 0 Å². The van der Waals surface area contributed by atoms with E-state index in [4.69, 9.17) is 18.5 Å². The second-order valence-corrected chi connectivity index (χ2v) is 9.74. The van der Waals surface area contributed by atoms with Gasteiger partial charge in [0.2, 0.25) is 0 Å². The summed E-state index contributed by atoms with van der Waals surface area (Å²) in [5.41, 5.74) is -1.41. The number of H-pyrrole nitrogens is 1. The Bertz CT molecular complexity index is 1140. The first kappa shape index (κ1) is 29.4. The molecule has 0 saturated heterocycles. The predicted molar refractivity (Wildman–Crippen MR) is 127 cm³/mol. The molecule has 1 aromatic heterocycles. The van der Waals surface area contributed by atoms with Crippen LogP contribution in [-0.2, 0) is 23.4 Å². The maximum Gasteiger partial charge on any atom is 0.459 e. The van der Waals surface area contributed by atoms with Gasteiger partial charge >= 0.3 is 19.4 Å². The summed E-state index contributed by atoms with van der Waals surface area (Å²) >= 11 is 0. The molecular formula is C22H31FN3O9P. The van der Waals surface area contributed by atoms with Gasteiger partial charge < -0.3 is 19.1 Å². The van der Waals surface area contributed by atoms with Crippen LogP contribution in [-0.4, -0.2) is 58.3 Å². The fourth-order valence-electron chi connectivity index (χ4n) is 2.88. The zero-order valence-corrected chi connectivity index (χ0v) is 21.2. The third-order valence-corrected chi connectivity index (χ3v) is 6.28. The van der Waals surface area contributed by atoms with Crippen molar-refractivity contribution in [2.75, 3.05) is 13.3 Å². The highest BCUT2D eigenvalue weighted by atomic mass is 31.2. The molecule has 1 unspecified atom stereocenters. The van der Waals surface area contributed by atoms with Crippen molar-refractivity contribution >= 4 is 13.7 Å². The molecule has 200 valence electrons. The average molecular weight is 531 g/mol. The van der Waals surface area contributed by atoms with E-state index in [9.17, 15) is 28.4 Å². The summed E-state index contributed by atoms with van der Waals surface area (Å²) in [6.07, 6.45) is -3.48. The Morgan fingerprint density at radius 3 is 2.42 bits per heavy atom. The Balaban J connectivity index is 2.23. The Hall–Kier alpha value is -2.83. The molecule has 2 aromatic rings. The number of aliphatic hydroxyl groups excluding tert-OH is 1. The molecule has 1 aromatic carbocycles. The van der Waals surface area contributed by atoms with Crippen LogP contribution in [0.5, 0.6) is 5.75 Å². The summed E-state index contributed by atoms with van der Waals surface area (Å²) in [7, 11) is -4.31. The SMILES string of the molecule is CC(C)OC(=O)[C@H](C)NP(=O)(OC[C@@H](O[C@H](C)n1ccc(=O)[nH]c1=O)[C@@H](O)CF)Oc1ccccc1. The number of aliphatic hydroxyl groups is 1. The number of nitrogens with zero attached hydrogens (tertiary/aromatic N) is 1. The molecule has 12 nitrogen and oxygen atoms in total. The number of aromatic amines is 1. The molecule has 0 aliphatic heterocycles. The summed E-state index contributed by atoms with van der Waals surface area (Å²) in [5.74, 6) is -0.567. The molecule has 3 N–H and O–H groups in total. The number of carbonyl (C=O) groups excluding carboxylic acids is 1. The molecule has 5 atom stereocenters. The van der Waals surface area contributed by atoms with Gasteiger partial charge in [0.1, 0.15) is 36.9 Å². The smallest absolute Gasteiger partial charge is 0.459 e. The maximum atomic E-state index is 13.6. The Labute approximate surface area is 206 Å². The molecule has 36 heavy (non-hydrogen) atoms. The van der Waals surface area contributed by atoms with Crippen LogP contribution in [0.4, 0.5) is 4.39 Å². The van der Waals surface area contributed by atoms with Gasteiger partial charge in [-0.05, 0) is 39.8 Å². The van der Waals surface area contributed by atoms with Crippen LogP contribution < -0.4 is 20.9 Å². The number of ether oxygens (including phenoxy) is 2. The van der Waals surface area contributed by atoms with E-state index in [1.54, 1.807) is 32.0 Å². The molecule has 0 aliphatic carbocycles. The van der Waals surface area contributed by atoms with Crippen molar-refractivity contribution in [3.8, 4) is 5.75 Å². The van der Waals surface area contributed by atoms with Gasteiger partial charge in [0, 0.05) is 12.3 Å². The zero-order valence-electron chi connectivity index (χ0n) is 20.3. The molecule has 0 radical (unpaired) electrons. The van der Waals surface area contributed by atoms with E-state index in [0.717, 1.165) is 10.6 Å². The number of aromatic nitrogens is 2. The minimum atomic E-state index is -4.31. The highest BCUT2D eigenvalue weighted by Gasteiger charge is 2.35. The Kier molecular flexibility index (Phi) is 11.0. The maximum absolute atomic E-state index is 13.6. The van der Waals surface area contributed by atoms with E-state index in [1.807, 2.05) is 0 Å². The van der Waals surface area contributed by atoms with Crippen LogP contribution >= 0.6 is 7.75 Å². The van der Waals surface area contributed by atoms with Crippen molar-refractivity contribution in [3.63, 3.8) is 0 Å². The number of hydrogen-bond donors (Lipinski definition) is 3. The Morgan fingerprint density at radius 2 is 1.83 bits per heavy atom. The lowest BCUT2D eigenvalue weighted by Crippen LogP contribution is -2.41. The third-order valence-electron chi connectivity index (χ3n) is 4.64. The molecule has 1 heterocycles. The number of para-hydroxylation sites is 1. The number of alkyl halides is 1. The van der Waals surface area contributed by atoms with Gasteiger partial charge in [-0.15, -0.1) is 0 Å².